The molecule has 1 amide bonds. The third kappa shape index (κ3) is 3.32. The van der Waals surface area contributed by atoms with Crippen LogP contribution in [0.5, 0.6) is 5.75 Å². The average molecular weight is 377 g/mol. The van der Waals surface area contributed by atoms with Crippen molar-refractivity contribution in [1.29, 1.82) is 0 Å². The highest BCUT2D eigenvalue weighted by Gasteiger charge is 2.19. The van der Waals surface area contributed by atoms with E-state index in [4.69, 9.17) is 4.74 Å². The van der Waals surface area contributed by atoms with Crippen molar-refractivity contribution in [2.45, 2.75) is 26.5 Å². The van der Waals surface area contributed by atoms with Crippen LogP contribution in [0.2, 0.25) is 0 Å². The molecule has 0 unspecified atom stereocenters. The van der Waals surface area contributed by atoms with Crippen molar-refractivity contribution in [3.8, 4) is 5.75 Å². The van der Waals surface area contributed by atoms with E-state index < -0.39 is 11.5 Å². The molecule has 8 heteroatoms. The van der Waals surface area contributed by atoms with Crippen LogP contribution in [0.1, 0.15) is 29.9 Å². The normalized spacial score (nSPS) is 11.2. The Bertz CT molecular complexity index is 1210. The molecule has 0 fully saturated rings. The Hall–Kier alpha value is -3.68. The number of hydrogen-bond donors (Lipinski definition) is 2. The van der Waals surface area contributed by atoms with Crippen LogP contribution in [-0.2, 0) is 6.54 Å². The SMILES string of the molecule is CC(C)Oc1ccc(CNC(=O)c2nnn3c2c(=O)[nH]c2ccccc23)cc1. The van der Waals surface area contributed by atoms with Gasteiger partial charge in [-0.2, -0.15) is 0 Å². The number of H-pyrrole nitrogens is 1. The highest BCUT2D eigenvalue weighted by Crippen LogP contribution is 2.15. The summed E-state index contributed by atoms with van der Waals surface area (Å²) in [6.45, 7) is 4.22. The number of fused-ring (bicyclic) bond motifs is 3. The van der Waals surface area contributed by atoms with Crippen LogP contribution in [0.15, 0.2) is 53.3 Å². The first-order chi connectivity index (χ1) is 13.5. The number of carbonyl (C=O) groups is 1. The van der Waals surface area contributed by atoms with E-state index in [0.29, 0.717) is 17.6 Å². The number of ether oxygens (including phenoxy) is 1. The molecule has 0 spiro atoms. The molecule has 0 aliphatic carbocycles. The van der Waals surface area contributed by atoms with E-state index >= 15 is 0 Å². The summed E-state index contributed by atoms with van der Waals surface area (Å²) in [7, 11) is 0. The molecule has 2 aromatic heterocycles. The van der Waals surface area contributed by atoms with Gasteiger partial charge in [0.1, 0.15) is 5.75 Å². The fraction of sp³-hybridized carbons (Fsp3) is 0.200. The van der Waals surface area contributed by atoms with Gasteiger partial charge in [-0.3, -0.25) is 9.59 Å². The zero-order valence-electron chi connectivity index (χ0n) is 15.5. The third-order valence-electron chi connectivity index (χ3n) is 4.23. The smallest absolute Gasteiger partial charge is 0.277 e. The van der Waals surface area contributed by atoms with Gasteiger partial charge in [0, 0.05) is 6.54 Å². The highest BCUT2D eigenvalue weighted by atomic mass is 16.5. The zero-order chi connectivity index (χ0) is 19.7. The first-order valence-electron chi connectivity index (χ1n) is 8.93. The summed E-state index contributed by atoms with van der Waals surface area (Å²) in [5.74, 6) is 0.311. The Morgan fingerprint density at radius 2 is 1.93 bits per heavy atom. The van der Waals surface area contributed by atoms with E-state index in [1.54, 1.807) is 12.1 Å². The molecule has 4 rings (SSSR count). The Labute approximate surface area is 160 Å². The van der Waals surface area contributed by atoms with Crippen LogP contribution in [0, 0.1) is 0 Å². The largest absolute Gasteiger partial charge is 0.491 e. The van der Waals surface area contributed by atoms with Crippen molar-refractivity contribution in [3.63, 3.8) is 0 Å². The molecule has 2 heterocycles. The fourth-order valence-electron chi connectivity index (χ4n) is 2.98. The van der Waals surface area contributed by atoms with Gasteiger partial charge < -0.3 is 15.0 Å². The van der Waals surface area contributed by atoms with Gasteiger partial charge in [-0.1, -0.05) is 29.5 Å². The second-order valence-electron chi connectivity index (χ2n) is 6.66. The summed E-state index contributed by atoms with van der Waals surface area (Å²) in [6.07, 6.45) is 0.0985. The van der Waals surface area contributed by atoms with E-state index in [-0.39, 0.29) is 17.3 Å². The Morgan fingerprint density at radius 1 is 1.18 bits per heavy atom. The van der Waals surface area contributed by atoms with Gasteiger partial charge in [-0.15, -0.1) is 5.10 Å². The Kier molecular flexibility index (Phi) is 4.52. The van der Waals surface area contributed by atoms with Gasteiger partial charge in [-0.25, -0.2) is 4.52 Å². The van der Waals surface area contributed by atoms with E-state index in [1.807, 2.05) is 50.2 Å². The number of hydrogen-bond acceptors (Lipinski definition) is 5. The minimum absolute atomic E-state index is 0.00763. The van der Waals surface area contributed by atoms with E-state index in [2.05, 4.69) is 20.6 Å². The lowest BCUT2D eigenvalue weighted by Gasteiger charge is -2.10. The first kappa shape index (κ1) is 17.7. The van der Waals surface area contributed by atoms with Crippen LogP contribution < -0.4 is 15.6 Å². The minimum atomic E-state index is -0.460. The van der Waals surface area contributed by atoms with E-state index in [9.17, 15) is 9.59 Å². The fourth-order valence-corrected chi connectivity index (χ4v) is 2.98. The third-order valence-corrected chi connectivity index (χ3v) is 4.23. The summed E-state index contributed by atoms with van der Waals surface area (Å²) in [5, 5.41) is 10.7. The molecule has 0 saturated heterocycles. The maximum Gasteiger partial charge on any atom is 0.277 e. The number of nitrogens with zero attached hydrogens (tertiary/aromatic N) is 3. The topological polar surface area (TPSA) is 101 Å². The molecule has 28 heavy (non-hydrogen) atoms. The molecule has 2 N–H and O–H groups in total. The molecular weight excluding hydrogens is 358 g/mol. The zero-order valence-corrected chi connectivity index (χ0v) is 15.5. The van der Waals surface area contributed by atoms with Crippen LogP contribution in [-0.4, -0.2) is 31.8 Å². The predicted octanol–water partition coefficient (Wildman–Crippen LogP) is 2.29. The van der Waals surface area contributed by atoms with Crippen molar-refractivity contribution >= 4 is 22.5 Å². The molecule has 0 radical (unpaired) electrons. The maximum atomic E-state index is 12.6. The van der Waals surface area contributed by atoms with Crippen molar-refractivity contribution in [1.82, 2.24) is 25.1 Å². The molecule has 0 aliphatic heterocycles. The van der Waals surface area contributed by atoms with E-state index in [1.165, 1.54) is 4.52 Å². The molecule has 8 nitrogen and oxygen atoms in total. The minimum Gasteiger partial charge on any atom is -0.491 e. The number of aromatic amines is 1. The van der Waals surface area contributed by atoms with Gasteiger partial charge in [0.15, 0.2) is 11.2 Å². The monoisotopic (exact) mass is 377 g/mol. The highest BCUT2D eigenvalue weighted by molar-refractivity contribution is 5.99. The van der Waals surface area contributed by atoms with Gasteiger partial charge in [0.05, 0.1) is 17.1 Å². The second-order valence-corrected chi connectivity index (χ2v) is 6.66. The number of rotatable bonds is 5. The Balaban J connectivity index is 1.56. The number of amides is 1. The second kappa shape index (κ2) is 7.15. The lowest BCUT2D eigenvalue weighted by atomic mass is 10.2. The standard InChI is InChI=1S/C20H19N5O3/c1-12(2)28-14-9-7-13(8-10-14)11-21-19(26)17-18-20(27)22-15-5-3-4-6-16(15)25(18)24-23-17/h3-10,12H,11H2,1-2H3,(H,21,26)(H,22,27). The van der Waals surface area contributed by atoms with Crippen molar-refractivity contribution in [2.75, 3.05) is 0 Å². The lowest BCUT2D eigenvalue weighted by molar-refractivity contribution is 0.0947. The van der Waals surface area contributed by atoms with Crippen LogP contribution >= 0.6 is 0 Å². The lowest BCUT2D eigenvalue weighted by Crippen LogP contribution is -2.25. The molecule has 0 aliphatic rings. The van der Waals surface area contributed by atoms with Gasteiger partial charge >= 0.3 is 0 Å². The molecule has 4 aromatic rings. The van der Waals surface area contributed by atoms with Crippen LogP contribution in [0.3, 0.4) is 0 Å². The molecule has 2 aromatic carbocycles. The quantitative estimate of drug-likeness (QED) is 0.556. The number of carbonyl (C=O) groups excluding carboxylic acids is 1. The summed E-state index contributed by atoms with van der Waals surface area (Å²) in [5.41, 5.74) is 1.90. The van der Waals surface area contributed by atoms with Crippen molar-refractivity contribution in [3.05, 3.63) is 70.1 Å². The number of nitrogens with one attached hydrogen (secondary N) is 2. The molecule has 0 atom stereocenters. The summed E-state index contributed by atoms with van der Waals surface area (Å²) < 4.78 is 6.99. The van der Waals surface area contributed by atoms with Crippen molar-refractivity contribution < 1.29 is 9.53 Å². The first-order valence-corrected chi connectivity index (χ1v) is 8.93. The number of para-hydroxylation sites is 2. The predicted molar refractivity (Wildman–Crippen MR) is 104 cm³/mol. The molecule has 0 bridgehead atoms. The van der Waals surface area contributed by atoms with Crippen LogP contribution in [0.25, 0.3) is 16.6 Å². The Morgan fingerprint density at radius 3 is 2.68 bits per heavy atom. The van der Waals surface area contributed by atoms with E-state index in [0.717, 1.165) is 11.3 Å². The van der Waals surface area contributed by atoms with Crippen molar-refractivity contribution in [2.24, 2.45) is 0 Å². The number of benzene rings is 2. The van der Waals surface area contributed by atoms with Gasteiger partial charge in [-0.05, 0) is 43.7 Å². The number of aromatic nitrogens is 4. The summed E-state index contributed by atoms with van der Waals surface area (Å²) >= 11 is 0. The maximum absolute atomic E-state index is 12.6. The molecular formula is C20H19N5O3. The summed E-state index contributed by atoms with van der Waals surface area (Å²) in [4.78, 5) is 27.8. The summed E-state index contributed by atoms with van der Waals surface area (Å²) in [6, 6.07) is 14.7. The molecule has 142 valence electrons. The van der Waals surface area contributed by atoms with Gasteiger partial charge in [0.25, 0.3) is 11.5 Å². The molecule has 0 saturated carbocycles. The average Bonchev–Trinajstić information content (AvgIpc) is 3.13. The van der Waals surface area contributed by atoms with Gasteiger partial charge in [0.2, 0.25) is 0 Å². The van der Waals surface area contributed by atoms with Crippen LogP contribution in [0.4, 0.5) is 0 Å².